The molecule has 11 heteroatoms. The third-order valence-corrected chi connectivity index (χ3v) is 6.14. The maximum absolute atomic E-state index is 15.0. The summed E-state index contributed by atoms with van der Waals surface area (Å²) < 4.78 is 15.0. The number of amides is 2. The summed E-state index contributed by atoms with van der Waals surface area (Å²) in [5.41, 5.74) is -0.0698. The molecule has 1 aliphatic heterocycles. The van der Waals surface area contributed by atoms with Gasteiger partial charge >= 0.3 is 5.97 Å². The van der Waals surface area contributed by atoms with Gasteiger partial charge in [0.25, 0.3) is 5.91 Å². The molecule has 3 N–H and O–H groups in total. The number of aliphatic hydroxyl groups excluding tert-OH is 1. The average molecular weight is 555 g/mol. The molecular formula is C27H17Cl2FN2O6. The molecule has 192 valence electrons. The Morgan fingerprint density at radius 3 is 2.34 bits per heavy atom. The van der Waals surface area contributed by atoms with Crippen molar-refractivity contribution in [1.82, 2.24) is 0 Å². The van der Waals surface area contributed by atoms with E-state index in [-0.39, 0.29) is 27.5 Å². The van der Waals surface area contributed by atoms with Gasteiger partial charge in [0.15, 0.2) is 17.4 Å². The van der Waals surface area contributed by atoms with Crippen molar-refractivity contribution in [3.05, 3.63) is 117 Å². The van der Waals surface area contributed by atoms with Crippen LogP contribution in [-0.4, -0.2) is 33.8 Å². The summed E-state index contributed by atoms with van der Waals surface area (Å²) in [6.07, 6.45) is 1.45. The number of Topliss-reactive ketones (excluding diaryl/α,β-unsaturated/α-hetero) is 1. The van der Waals surface area contributed by atoms with E-state index >= 15 is 4.39 Å². The highest BCUT2D eigenvalue weighted by molar-refractivity contribution is 6.31. The highest BCUT2D eigenvalue weighted by Crippen LogP contribution is 2.43. The molecule has 4 rings (SSSR count). The molecule has 0 saturated heterocycles. The smallest absolute Gasteiger partial charge is 0.328 e. The van der Waals surface area contributed by atoms with Crippen LogP contribution in [0.1, 0.15) is 22.0 Å². The molecule has 0 fully saturated rings. The van der Waals surface area contributed by atoms with E-state index in [1.807, 2.05) is 0 Å². The number of aliphatic carboxylic acids is 1. The molecule has 0 aromatic heterocycles. The minimum atomic E-state index is -1.31. The molecule has 1 aliphatic rings. The maximum Gasteiger partial charge on any atom is 0.328 e. The van der Waals surface area contributed by atoms with Gasteiger partial charge in [-0.1, -0.05) is 53.5 Å². The number of carbonyl (C=O) groups excluding carboxylic acids is 3. The molecule has 0 aliphatic carbocycles. The number of carboxylic acid groups (broad SMARTS) is 1. The van der Waals surface area contributed by atoms with E-state index < -0.39 is 41.2 Å². The normalized spacial score (nSPS) is 15.3. The lowest BCUT2D eigenvalue weighted by Crippen LogP contribution is -2.31. The number of aliphatic hydroxyl groups is 1. The van der Waals surface area contributed by atoms with Crippen LogP contribution in [0.5, 0.6) is 0 Å². The molecule has 0 saturated carbocycles. The van der Waals surface area contributed by atoms with E-state index in [9.17, 15) is 24.3 Å². The second-order valence-electron chi connectivity index (χ2n) is 8.04. The molecule has 1 heterocycles. The average Bonchev–Trinajstić information content (AvgIpc) is 3.14. The number of hydrogen-bond acceptors (Lipinski definition) is 5. The van der Waals surface area contributed by atoms with Crippen molar-refractivity contribution in [2.24, 2.45) is 0 Å². The lowest BCUT2D eigenvalue weighted by Gasteiger charge is -2.27. The molecular weight excluding hydrogens is 538 g/mol. The monoisotopic (exact) mass is 554 g/mol. The van der Waals surface area contributed by atoms with E-state index in [1.165, 1.54) is 66.7 Å². The number of carboxylic acids is 1. The number of anilines is 2. The highest BCUT2D eigenvalue weighted by atomic mass is 35.5. The minimum absolute atomic E-state index is 0.00764. The molecule has 3 aromatic rings. The first-order valence-electron chi connectivity index (χ1n) is 10.9. The lowest BCUT2D eigenvalue weighted by molar-refractivity contribution is -0.131. The van der Waals surface area contributed by atoms with E-state index in [0.717, 1.165) is 11.0 Å². The lowest BCUT2D eigenvalue weighted by atomic mass is 9.92. The van der Waals surface area contributed by atoms with Crippen LogP contribution in [0.15, 0.2) is 90.2 Å². The fourth-order valence-electron chi connectivity index (χ4n) is 3.95. The summed E-state index contributed by atoms with van der Waals surface area (Å²) in [6.45, 7) is 0. The van der Waals surface area contributed by atoms with Crippen molar-refractivity contribution >= 4 is 58.1 Å². The molecule has 0 bridgehead atoms. The SMILES string of the molecule is O=C(O)/C=C/C(=O)Nc1cccc(C(=O)C2=C(O)C(=O)N(c3cccc(Cl)c3F)C2c2ccc(Cl)cc2)c1. The maximum atomic E-state index is 15.0. The summed E-state index contributed by atoms with van der Waals surface area (Å²) in [5.74, 6) is -5.64. The number of nitrogens with zero attached hydrogens (tertiary/aromatic N) is 1. The zero-order chi connectivity index (χ0) is 27.6. The first kappa shape index (κ1) is 26.6. The fraction of sp³-hybridized carbons (Fsp3) is 0.0370. The Morgan fingerprint density at radius 1 is 0.974 bits per heavy atom. The van der Waals surface area contributed by atoms with Crippen molar-refractivity contribution < 1.29 is 33.8 Å². The van der Waals surface area contributed by atoms with Crippen LogP contribution in [0.4, 0.5) is 15.8 Å². The van der Waals surface area contributed by atoms with Crippen LogP contribution in [0.25, 0.3) is 0 Å². The molecule has 3 aromatic carbocycles. The number of halogens is 3. The van der Waals surface area contributed by atoms with E-state index in [0.29, 0.717) is 16.7 Å². The summed E-state index contributed by atoms with van der Waals surface area (Å²) in [6, 6.07) is 14.5. The fourth-order valence-corrected chi connectivity index (χ4v) is 4.24. The Hall–Kier alpha value is -4.47. The third kappa shape index (κ3) is 5.29. The number of carbonyl (C=O) groups is 4. The quantitative estimate of drug-likeness (QED) is 0.262. The minimum Gasteiger partial charge on any atom is -0.503 e. The van der Waals surface area contributed by atoms with Gasteiger partial charge in [-0.05, 0) is 42.0 Å². The van der Waals surface area contributed by atoms with E-state index in [2.05, 4.69) is 5.32 Å². The van der Waals surface area contributed by atoms with Gasteiger partial charge in [0.2, 0.25) is 5.91 Å². The van der Waals surface area contributed by atoms with Gasteiger partial charge in [0.1, 0.15) is 0 Å². The van der Waals surface area contributed by atoms with Crippen molar-refractivity contribution in [3.63, 3.8) is 0 Å². The van der Waals surface area contributed by atoms with Gasteiger partial charge in [-0.3, -0.25) is 19.3 Å². The molecule has 1 unspecified atom stereocenters. The Bertz CT molecular complexity index is 1530. The van der Waals surface area contributed by atoms with Crippen molar-refractivity contribution in [1.29, 1.82) is 0 Å². The molecule has 8 nitrogen and oxygen atoms in total. The standard InChI is InChI=1S/C27H17Cl2FN2O6/c28-16-9-7-14(8-10-16)24-22(26(37)27(38)32(24)19-6-2-5-18(29)23(19)30)25(36)15-3-1-4-17(13-15)31-20(33)11-12-21(34)35/h1-13,24,37H,(H,31,33)(H,34,35)/b12-11+. The van der Waals surface area contributed by atoms with Crippen molar-refractivity contribution in [2.75, 3.05) is 10.2 Å². The molecule has 38 heavy (non-hydrogen) atoms. The summed E-state index contributed by atoms with van der Waals surface area (Å²) in [5, 5.41) is 22.1. The Morgan fingerprint density at radius 2 is 1.66 bits per heavy atom. The first-order valence-corrected chi connectivity index (χ1v) is 11.7. The van der Waals surface area contributed by atoms with E-state index in [1.54, 1.807) is 0 Å². The second kappa shape index (κ2) is 10.9. The third-order valence-electron chi connectivity index (χ3n) is 5.60. The van der Waals surface area contributed by atoms with Gasteiger partial charge in [-0.2, -0.15) is 0 Å². The van der Waals surface area contributed by atoms with Crippen LogP contribution in [-0.2, 0) is 14.4 Å². The zero-order valence-electron chi connectivity index (χ0n) is 19.2. The highest BCUT2D eigenvalue weighted by Gasteiger charge is 2.45. The first-order chi connectivity index (χ1) is 18.1. The van der Waals surface area contributed by atoms with Gasteiger partial charge in [0.05, 0.1) is 22.3 Å². The number of rotatable bonds is 7. The second-order valence-corrected chi connectivity index (χ2v) is 8.88. The molecule has 0 spiro atoms. The van der Waals surface area contributed by atoms with Gasteiger partial charge in [0, 0.05) is 28.4 Å². The number of benzene rings is 3. The molecule has 1 atom stereocenters. The molecule has 2 amide bonds. The molecule has 0 radical (unpaired) electrons. The van der Waals surface area contributed by atoms with Crippen LogP contribution in [0.3, 0.4) is 0 Å². The summed E-state index contributed by atoms with van der Waals surface area (Å²) in [4.78, 5) is 50.4. The predicted molar refractivity (Wildman–Crippen MR) is 139 cm³/mol. The summed E-state index contributed by atoms with van der Waals surface area (Å²) >= 11 is 11.9. The Balaban J connectivity index is 1.78. The van der Waals surface area contributed by atoms with Crippen LogP contribution < -0.4 is 10.2 Å². The van der Waals surface area contributed by atoms with Crippen LogP contribution in [0.2, 0.25) is 10.0 Å². The largest absolute Gasteiger partial charge is 0.503 e. The van der Waals surface area contributed by atoms with Crippen LogP contribution >= 0.6 is 23.2 Å². The van der Waals surface area contributed by atoms with Crippen molar-refractivity contribution in [3.8, 4) is 0 Å². The predicted octanol–water partition coefficient (Wildman–Crippen LogP) is 5.49. The van der Waals surface area contributed by atoms with Gasteiger partial charge < -0.3 is 15.5 Å². The summed E-state index contributed by atoms with van der Waals surface area (Å²) in [7, 11) is 0. The topological polar surface area (TPSA) is 124 Å². The Labute approximate surface area is 225 Å². The van der Waals surface area contributed by atoms with Gasteiger partial charge in [-0.25, -0.2) is 9.18 Å². The van der Waals surface area contributed by atoms with E-state index in [4.69, 9.17) is 28.3 Å². The number of ketones is 1. The van der Waals surface area contributed by atoms with Gasteiger partial charge in [-0.15, -0.1) is 0 Å². The number of nitrogens with one attached hydrogen (secondary N) is 1. The zero-order valence-corrected chi connectivity index (χ0v) is 20.7. The van der Waals surface area contributed by atoms with Crippen molar-refractivity contribution in [2.45, 2.75) is 6.04 Å². The van der Waals surface area contributed by atoms with Crippen LogP contribution in [0, 0.1) is 5.82 Å². The Kier molecular flexibility index (Phi) is 7.61. The number of hydrogen-bond donors (Lipinski definition) is 3.